The standard InChI is InChI=1S/C17H30N6O/c1-4-22-8-10-23(11-9-22)16-6-5-15(13-20-16)14-21-17(18-2)19-7-12-24-3/h5-6,13H,4,7-12,14H2,1-3H3,(H2,18,19,21). The molecule has 0 bridgehead atoms. The van der Waals surface area contributed by atoms with Crippen molar-refractivity contribution >= 4 is 11.8 Å². The molecule has 0 aliphatic carbocycles. The number of nitrogens with zero attached hydrogens (tertiary/aromatic N) is 4. The van der Waals surface area contributed by atoms with Gasteiger partial charge in [0.2, 0.25) is 0 Å². The summed E-state index contributed by atoms with van der Waals surface area (Å²) in [5.74, 6) is 1.84. The average molecular weight is 334 g/mol. The second-order valence-corrected chi connectivity index (χ2v) is 5.79. The molecule has 1 fully saturated rings. The molecule has 2 N–H and O–H groups in total. The molecular weight excluding hydrogens is 304 g/mol. The summed E-state index contributed by atoms with van der Waals surface area (Å²) in [6.45, 7) is 9.76. The van der Waals surface area contributed by atoms with Crippen LogP contribution in [0.15, 0.2) is 23.3 Å². The van der Waals surface area contributed by atoms with Gasteiger partial charge in [0.05, 0.1) is 6.61 Å². The minimum absolute atomic E-state index is 0.655. The third-order valence-corrected chi connectivity index (χ3v) is 4.23. The highest BCUT2D eigenvalue weighted by molar-refractivity contribution is 5.79. The van der Waals surface area contributed by atoms with E-state index in [9.17, 15) is 0 Å². The molecule has 1 aliphatic heterocycles. The number of ether oxygens (including phenoxy) is 1. The van der Waals surface area contributed by atoms with Gasteiger partial charge in [-0.05, 0) is 18.2 Å². The lowest BCUT2D eigenvalue weighted by atomic mass is 10.2. The van der Waals surface area contributed by atoms with E-state index in [4.69, 9.17) is 4.74 Å². The van der Waals surface area contributed by atoms with E-state index in [0.717, 1.165) is 56.6 Å². The quantitative estimate of drug-likeness (QED) is 0.431. The first-order valence-electron chi connectivity index (χ1n) is 8.62. The van der Waals surface area contributed by atoms with E-state index < -0.39 is 0 Å². The molecule has 134 valence electrons. The molecule has 1 aliphatic rings. The topological polar surface area (TPSA) is 65.0 Å². The number of aromatic nitrogens is 1. The number of hydrogen-bond acceptors (Lipinski definition) is 5. The van der Waals surface area contributed by atoms with E-state index in [1.54, 1.807) is 14.2 Å². The largest absolute Gasteiger partial charge is 0.383 e. The molecule has 0 aromatic carbocycles. The molecule has 2 rings (SSSR count). The predicted octanol–water partition coefficient (Wildman–Crippen LogP) is 0.535. The highest BCUT2D eigenvalue weighted by Crippen LogP contribution is 2.13. The Morgan fingerprint density at radius 3 is 2.62 bits per heavy atom. The van der Waals surface area contributed by atoms with Crippen LogP contribution in [0.2, 0.25) is 0 Å². The first-order valence-corrected chi connectivity index (χ1v) is 8.62. The van der Waals surface area contributed by atoms with Crippen LogP contribution in [0.5, 0.6) is 0 Å². The van der Waals surface area contributed by atoms with E-state index in [0.29, 0.717) is 13.2 Å². The second kappa shape index (κ2) is 10.1. The number of aliphatic imine (C=N–C) groups is 1. The SMILES string of the molecule is CCN1CCN(c2ccc(CNC(=NC)NCCOC)cn2)CC1. The van der Waals surface area contributed by atoms with E-state index in [2.05, 4.69) is 49.5 Å². The molecule has 0 atom stereocenters. The Kier molecular flexibility index (Phi) is 7.77. The molecule has 7 nitrogen and oxygen atoms in total. The number of rotatable bonds is 7. The zero-order valence-corrected chi connectivity index (χ0v) is 15.1. The summed E-state index contributed by atoms with van der Waals surface area (Å²) in [7, 11) is 3.45. The van der Waals surface area contributed by atoms with Gasteiger partial charge in [-0.2, -0.15) is 0 Å². The zero-order valence-electron chi connectivity index (χ0n) is 15.1. The van der Waals surface area contributed by atoms with E-state index in [1.807, 2.05) is 6.20 Å². The van der Waals surface area contributed by atoms with Crippen LogP contribution in [-0.2, 0) is 11.3 Å². The zero-order chi connectivity index (χ0) is 17.2. The lowest BCUT2D eigenvalue weighted by molar-refractivity contribution is 0.203. The monoisotopic (exact) mass is 334 g/mol. The normalized spacial score (nSPS) is 16.3. The van der Waals surface area contributed by atoms with Crippen LogP contribution >= 0.6 is 0 Å². The van der Waals surface area contributed by atoms with Gasteiger partial charge in [0.1, 0.15) is 5.82 Å². The van der Waals surface area contributed by atoms with Gasteiger partial charge in [-0.25, -0.2) is 4.98 Å². The Labute approximate surface area is 145 Å². The molecule has 0 unspecified atom stereocenters. The summed E-state index contributed by atoms with van der Waals surface area (Å²) in [6.07, 6.45) is 1.94. The number of anilines is 1. The van der Waals surface area contributed by atoms with Gasteiger partial charge in [-0.3, -0.25) is 4.99 Å². The van der Waals surface area contributed by atoms with Crippen molar-refractivity contribution in [2.75, 3.05) is 64.9 Å². The summed E-state index contributed by atoms with van der Waals surface area (Å²) in [5.41, 5.74) is 1.14. The lowest BCUT2D eigenvalue weighted by Crippen LogP contribution is -2.46. The fourth-order valence-electron chi connectivity index (χ4n) is 2.68. The highest BCUT2D eigenvalue weighted by atomic mass is 16.5. The molecule has 24 heavy (non-hydrogen) atoms. The van der Waals surface area contributed by atoms with Gasteiger partial charge in [0.25, 0.3) is 0 Å². The van der Waals surface area contributed by atoms with Crippen molar-refractivity contribution in [3.63, 3.8) is 0 Å². The second-order valence-electron chi connectivity index (χ2n) is 5.79. The van der Waals surface area contributed by atoms with E-state index >= 15 is 0 Å². The van der Waals surface area contributed by atoms with Gasteiger partial charge in [-0.1, -0.05) is 13.0 Å². The number of methoxy groups -OCH3 is 1. The van der Waals surface area contributed by atoms with Crippen LogP contribution in [0.3, 0.4) is 0 Å². The highest BCUT2D eigenvalue weighted by Gasteiger charge is 2.16. The Bertz CT molecular complexity index is 496. The van der Waals surface area contributed by atoms with Crippen LogP contribution in [-0.4, -0.2) is 75.9 Å². The molecule has 0 amide bonds. The number of nitrogens with one attached hydrogen (secondary N) is 2. The predicted molar refractivity (Wildman–Crippen MR) is 98.6 cm³/mol. The van der Waals surface area contributed by atoms with Crippen molar-refractivity contribution in [3.8, 4) is 0 Å². The molecule has 0 saturated carbocycles. The van der Waals surface area contributed by atoms with Crippen molar-refractivity contribution in [2.45, 2.75) is 13.5 Å². The summed E-state index contributed by atoms with van der Waals surface area (Å²) in [5, 5.41) is 6.47. The van der Waals surface area contributed by atoms with Crippen LogP contribution in [0.25, 0.3) is 0 Å². The maximum atomic E-state index is 5.02. The number of hydrogen-bond donors (Lipinski definition) is 2. The molecular formula is C17H30N6O. The first-order chi connectivity index (χ1) is 11.8. The van der Waals surface area contributed by atoms with Gasteiger partial charge in [0, 0.05) is 59.6 Å². The fraction of sp³-hybridized carbons (Fsp3) is 0.647. The molecule has 2 heterocycles. The molecule has 1 saturated heterocycles. The van der Waals surface area contributed by atoms with Gasteiger partial charge < -0.3 is 25.2 Å². The van der Waals surface area contributed by atoms with E-state index in [1.165, 1.54) is 0 Å². The van der Waals surface area contributed by atoms with Gasteiger partial charge in [0.15, 0.2) is 5.96 Å². The molecule has 1 aromatic heterocycles. The third-order valence-electron chi connectivity index (χ3n) is 4.23. The van der Waals surface area contributed by atoms with E-state index in [-0.39, 0.29) is 0 Å². The van der Waals surface area contributed by atoms with Crippen LogP contribution in [0.1, 0.15) is 12.5 Å². The van der Waals surface area contributed by atoms with Crippen molar-refractivity contribution in [3.05, 3.63) is 23.9 Å². The molecule has 0 radical (unpaired) electrons. The van der Waals surface area contributed by atoms with Crippen molar-refractivity contribution in [1.29, 1.82) is 0 Å². The summed E-state index contributed by atoms with van der Waals surface area (Å²) in [6, 6.07) is 4.24. The maximum Gasteiger partial charge on any atom is 0.191 e. The molecule has 1 aromatic rings. The smallest absolute Gasteiger partial charge is 0.191 e. The van der Waals surface area contributed by atoms with Crippen molar-refractivity contribution < 1.29 is 4.74 Å². The van der Waals surface area contributed by atoms with Crippen LogP contribution < -0.4 is 15.5 Å². The Balaban J connectivity index is 1.79. The Hall–Kier alpha value is -1.86. The summed E-state index contributed by atoms with van der Waals surface area (Å²) >= 11 is 0. The Morgan fingerprint density at radius 2 is 2.04 bits per heavy atom. The summed E-state index contributed by atoms with van der Waals surface area (Å²) in [4.78, 5) is 13.6. The van der Waals surface area contributed by atoms with Crippen LogP contribution in [0.4, 0.5) is 5.82 Å². The first kappa shape index (κ1) is 18.5. The maximum absolute atomic E-state index is 5.02. The Morgan fingerprint density at radius 1 is 1.25 bits per heavy atom. The number of likely N-dealkylation sites (N-methyl/N-ethyl adjacent to an activating group) is 1. The van der Waals surface area contributed by atoms with Gasteiger partial charge >= 0.3 is 0 Å². The minimum atomic E-state index is 0.655. The number of piperazine rings is 1. The average Bonchev–Trinajstić information content (AvgIpc) is 2.65. The molecule has 0 spiro atoms. The minimum Gasteiger partial charge on any atom is -0.383 e. The fourth-order valence-corrected chi connectivity index (χ4v) is 2.68. The number of guanidine groups is 1. The number of pyridine rings is 1. The van der Waals surface area contributed by atoms with Crippen LogP contribution in [0, 0.1) is 0 Å². The third kappa shape index (κ3) is 5.65. The van der Waals surface area contributed by atoms with Gasteiger partial charge in [-0.15, -0.1) is 0 Å². The van der Waals surface area contributed by atoms with Crippen molar-refractivity contribution in [1.82, 2.24) is 20.5 Å². The summed E-state index contributed by atoms with van der Waals surface area (Å²) < 4.78 is 5.02. The lowest BCUT2D eigenvalue weighted by Gasteiger charge is -2.34. The molecule has 7 heteroatoms. The van der Waals surface area contributed by atoms with Crippen molar-refractivity contribution in [2.24, 2.45) is 4.99 Å².